The maximum absolute atomic E-state index is 12.3. The molecule has 1 aromatic carbocycles. The van der Waals surface area contributed by atoms with Crippen molar-refractivity contribution in [2.45, 2.75) is 68.6 Å². The molecule has 1 saturated carbocycles. The average Bonchev–Trinajstić information content (AvgIpc) is 2.74. The summed E-state index contributed by atoms with van der Waals surface area (Å²) in [5.74, 6) is -0.710. The molecule has 9 nitrogen and oxygen atoms in total. The van der Waals surface area contributed by atoms with E-state index in [0.29, 0.717) is 18.4 Å². The third kappa shape index (κ3) is 5.57. The maximum Gasteiger partial charge on any atom is 0.331 e. The molecule has 2 aliphatic rings. The fraction of sp³-hybridized carbons (Fsp3) is 0.571. The minimum Gasteiger partial charge on any atom is -0.508 e. The van der Waals surface area contributed by atoms with Crippen LogP contribution in [0.25, 0.3) is 6.08 Å². The van der Waals surface area contributed by atoms with E-state index in [1.54, 1.807) is 12.1 Å². The molecule has 0 spiro atoms. The largest absolute Gasteiger partial charge is 0.508 e. The van der Waals surface area contributed by atoms with Crippen LogP contribution in [0.4, 0.5) is 0 Å². The van der Waals surface area contributed by atoms with Crippen LogP contribution in [0.1, 0.15) is 31.2 Å². The number of rotatable bonds is 6. The molecule has 0 amide bonds. The van der Waals surface area contributed by atoms with Crippen LogP contribution < -0.4 is 0 Å². The summed E-state index contributed by atoms with van der Waals surface area (Å²) in [6.07, 6.45) is -2.59. The van der Waals surface area contributed by atoms with Crippen molar-refractivity contribution in [1.82, 2.24) is 0 Å². The zero-order chi connectivity index (χ0) is 21.7. The molecule has 30 heavy (non-hydrogen) atoms. The Bertz CT molecular complexity index is 720. The Kier molecular flexibility index (Phi) is 7.81. The highest BCUT2D eigenvalue weighted by Crippen LogP contribution is 2.29. The number of hydrogen-bond acceptors (Lipinski definition) is 9. The van der Waals surface area contributed by atoms with Gasteiger partial charge in [0.25, 0.3) is 0 Å². The number of aromatic hydroxyl groups is 1. The first-order chi connectivity index (χ1) is 14.4. The smallest absolute Gasteiger partial charge is 0.331 e. The van der Waals surface area contributed by atoms with Gasteiger partial charge in [0.05, 0.1) is 18.8 Å². The SMILES string of the molecule is O=C(/C=C/c1ccc(O)cc1)O[C@H]1[C@@H](O[C@@H]2CCCC[C@@H]2O)O[C@H](CO)[C@H](O)[C@@H]1O. The van der Waals surface area contributed by atoms with E-state index < -0.39 is 55.5 Å². The van der Waals surface area contributed by atoms with Crippen LogP contribution in [0.5, 0.6) is 5.75 Å². The minimum absolute atomic E-state index is 0.0921. The Labute approximate surface area is 174 Å². The second-order valence-corrected chi connectivity index (χ2v) is 7.56. The zero-order valence-electron chi connectivity index (χ0n) is 16.4. The van der Waals surface area contributed by atoms with E-state index in [0.717, 1.165) is 18.9 Å². The van der Waals surface area contributed by atoms with Crippen molar-refractivity contribution in [3.8, 4) is 5.75 Å². The summed E-state index contributed by atoms with van der Waals surface area (Å²) >= 11 is 0. The molecule has 2 fully saturated rings. The topological polar surface area (TPSA) is 146 Å². The lowest BCUT2D eigenvalue weighted by molar-refractivity contribution is -0.320. The van der Waals surface area contributed by atoms with Crippen molar-refractivity contribution in [3.63, 3.8) is 0 Å². The van der Waals surface area contributed by atoms with Crippen LogP contribution in [0.2, 0.25) is 0 Å². The standard InChI is InChI=1S/C21H28O9/c22-11-16-18(26)19(27)20(21(29-16)28-15-4-2-1-3-14(15)24)30-17(25)10-7-12-5-8-13(23)9-6-12/h5-10,14-16,18-24,26-27H,1-4,11H2/b10-7+/t14-,15+,16+,18-,19-,20+,21-/m0/s1. The average molecular weight is 424 g/mol. The Hall–Kier alpha value is -2.01. The highest BCUT2D eigenvalue weighted by molar-refractivity contribution is 5.87. The molecule has 1 aliphatic heterocycles. The first-order valence-corrected chi connectivity index (χ1v) is 10.0. The molecule has 9 heteroatoms. The lowest BCUT2D eigenvalue weighted by Crippen LogP contribution is -2.61. The van der Waals surface area contributed by atoms with Crippen LogP contribution in [0.3, 0.4) is 0 Å². The molecule has 1 saturated heterocycles. The Balaban J connectivity index is 1.70. The third-order valence-corrected chi connectivity index (χ3v) is 5.36. The molecule has 0 bridgehead atoms. The van der Waals surface area contributed by atoms with Crippen molar-refractivity contribution < 1.29 is 44.5 Å². The van der Waals surface area contributed by atoms with Crippen molar-refractivity contribution in [3.05, 3.63) is 35.9 Å². The van der Waals surface area contributed by atoms with E-state index in [-0.39, 0.29) is 5.75 Å². The molecule has 1 aliphatic carbocycles. The third-order valence-electron chi connectivity index (χ3n) is 5.36. The monoisotopic (exact) mass is 424 g/mol. The van der Waals surface area contributed by atoms with Crippen molar-refractivity contribution in [2.24, 2.45) is 0 Å². The van der Waals surface area contributed by atoms with Gasteiger partial charge in [-0.2, -0.15) is 0 Å². The van der Waals surface area contributed by atoms with E-state index >= 15 is 0 Å². The number of aliphatic hydroxyl groups is 4. The molecule has 1 aromatic rings. The molecule has 0 aromatic heterocycles. The summed E-state index contributed by atoms with van der Waals surface area (Å²) in [6.45, 7) is -0.563. The summed E-state index contributed by atoms with van der Waals surface area (Å²) in [6, 6.07) is 6.14. The van der Waals surface area contributed by atoms with Gasteiger partial charge in [-0.25, -0.2) is 4.79 Å². The van der Waals surface area contributed by atoms with Gasteiger partial charge in [0.1, 0.15) is 24.1 Å². The maximum atomic E-state index is 12.3. The number of ether oxygens (including phenoxy) is 3. The molecular weight excluding hydrogens is 396 g/mol. The number of carbonyl (C=O) groups is 1. The molecule has 0 unspecified atom stereocenters. The van der Waals surface area contributed by atoms with Gasteiger partial charge in [-0.05, 0) is 36.6 Å². The van der Waals surface area contributed by atoms with Crippen LogP contribution in [-0.2, 0) is 19.0 Å². The predicted octanol–water partition coefficient (Wildman–Crippen LogP) is 0.0763. The van der Waals surface area contributed by atoms with E-state index in [1.807, 2.05) is 0 Å². The lowest BCUT2D eigenvalue weighted by Gasteiger charge is -2.43. The molecular formula is C21H28O9. The number of carbonyl (C=O) groups excluding carboxylic acids is 1. The second-order valence-electron chi connectivity index (χ2n) is 7.56. The molecule has 0 radical (unpaired) electrons. The van der Waals surface area contributed by atoms with Crippen LogP contribution >= 0.6 is 0 Å². The van der Waals surface area contributed by atoms with E-state index in [9.17, 15) is 30.3 Å². The fourth-order valence-corrected chi connectivity index (χ4v) is 3.62. The number of phenolic OH excluding ortho intramolecular Hbond substituents is 1. The Morgan fingerprint density at radius 3 is 2.47 bits per heavy atom. The first-order valence-electron chi connectivity index (χ1n) is 10.0. The van der Waals surface area contributed by atoms with Crippen LogP contribution in [0, 0.1) is 0 Å². The van der Waals surface area contributed by atoms with Crippen LogP contribution in [0.15, 0.2) is 30.3 Å². The zero-order valence-corrected chi connectivity index (χ0v) is 16.4. The Morgan fingerprint density at radius 1 is 1.10 bits per heavy atom. The van der Waals surface area contributed by atoms with Crippen molar-refractivity contribution >= 4 is 12.0 Å². The molecule has 166 valence electrons. The Morgan fingerprint density at radius 2 is 1.80 bits per heavy atom. The molecule has 3 rings (SSSR count). The van der Waals surface area contributed by atoms with Gasteiger partial charge in [0.15, 0.2) is 12.4 Å². The van der Waals surface area contributed by atoms with Gasteiger partial charge in [-0.1, -0.05) is 25.0 Å². The molecule has 1 heterocycles. The summed E-state index contributed by atoms with van der Waals surface area (Å²) in [7, 11) is 0. The van der Waals surface area contributed by atoms with E-state index in [1.165, 1.54) is 18.2 Å². The summed E-state index contributed by atoms with van der Waals surface area (Å²) in [5.41, 5.74) is 0.642. The summed E-state index contributed by atoms with van der Waals surface area (Å²) < 4.78 is 16.6. The van der Waals surface area contributed by atoms with E-state index in [2.05, 4.69) is 0 Å². The normalized spacial score (nSPS) is 34.7. The van der Waals surface area contributed by atoms with Crippen molar-refractivity contribution in [2.75, 3.05) is 6.61 Å². The second kappa shape index (κ2) is 10.3. The quantitative estimate of drug-likeness (QED) is 0.316. The first kappa shape index (κ1) is 22.7. The van der Waals surface area contributed by atoms with Gasteiger partial charge in [-0.3, -0.25) is 0 Å². The number of hydrogen-bond donors (Lipinski definition) is 5. The minimum atomic E-state index is -1.55. The van der Waals surface area contributed by atoms with Gasteiger partial charge < -0.3 is 39.7 Å². The van der Waals surface area contributed by atoms with E-state index in [4.69, 9.17) is 14.2 Å². The number of aliphatic hydroxyl groups excluding tert-OH is 4. The van der Waals surface area contributed by atoms with Crippen LogP contribution in [-0.4, -0.2) is 81.0 Å². The van der Waals surface area contributed by atoms with Crippen molar-refractivity contribution in [1.29, 1.82) is 0 Å². The highest BCUT2D eigenvalue weighted by Gasteiger charge is 2.48. The summed E-state index contributed by atoms with van der Waals surface area (Å²) in [4.78, 5) is 12.3. The van der Waals surface area contributed by atoms with Gasteiger partial charge in [0, 0.05) is 6.08 Å². The predicted molar refractivity (Wildman–Crippen MR) is 104 cm³/mol. The number of esters is 1. The summed E-state index contributed by atoms with van der Waals surface area (Å²) in [5, 5.41) is 49.5. The number of benzene rings is 1. The van der Waals surface area contributed by atoms with Gasteiger partial charge in [-0.15, -0.1) is 0 Å². The van der Waals surface area contributed by atoms with Gasteiger partial charge >= 0.3 is 5.97 Å². The number of phenols is 1. The molecule has 5 N–H and O–H groups in total. The lowest BCUT2D eigenvalue weighted by atomic mass is 9.94. The fourth-order valence-electron chi connectivity index (χ4n) is 3.62. The highest BCUT2D eigenvalue weighted by atomic mass is 16.7. The molecule has 7 atom stereocenters. The van der Waals surface area contributed by atoms with Gasteiger partial charge in [0.2, 0.25) is 0 Å².